The monoisotopic (exact) mass is 238 g/mol. The van der Waals surface area contributed by atoms with E-state index in [-0.39, 0.29) is 0 Å². The van der Waals surface area contributed by atoms with E-state index in [2.05, 4.69) is 10.3 Å². The maximum absolute atomic E-state index is 5.70. The molecular formula is C13H22N2O2. The smallest absolute Gasteiger partial charge is 0.194 e. The molecule has 1 aliphatic rings. The predicted octanol–water partition coefficient (Wildman–Crippen LogP) is 1.80. The first kappa shape index (κ1) is 12.6. The molecule has 17 heavy (non-hydrogen) atoms. The standard InChI is InChI=1S/C13H22N2O2/c1-16-8-7-14-6-2-3-13-15-10-12(17-13)9-11-4-5-11/h10-11,14H,2-9H2,1H3. The Morgan fingerprint density at radius 1 is 1.47 bits per heavy atom. The summed E-state index contributed by atoms with van der Waals surface area (Å²) in [7, 11) is 1.72. The predicted molar refractivity (Wildman–Crippen MR) is 66.0 cm³/mol. The van der Waals surface area contributed by atoms with Crippen LogP contribution in [0.1, 0.15) is 30.9 Å². The number of aromatic nitrogens is 1. The molecule has 0 unspecified atom stereocenters. The second-order valence-corrected chi connectivity index (χ2v) is 4.71. The summed E-state index contributed by atoms with van der Waals surface area (Å²) in [5.41, 5.74) is 0. The van der Waals surface area contributed by atoms with Gasteiger partial charge in [0.25, 0.3) is 0 Å². The van der Waals surface area contributed by atoms with E-state index in [9.17, 15) is 0 Å². The Morgan fingerprint density at radius 3 is 3.12 bits per heavy atom. The fourth-order valence-corrected chi connectivity index (χ4v) is 1.83. The lowest BCUT2D eigenvalue weighted by atomic mass is 10.2. The summed E-state index contributed by atoms with van der Waals surface area (Å²) in [4.78, 5) is 4.31. The molecule has 4 nitrogen and oxygen atoms in total. The lowest BCUT2D eigenvalue weighted by Gasteiger charge is -2.01. The van der Waals surface area contributed by atoms with Gasteiger partial charge >= 0.3 is 0 Å². The van der Waals surface area contributed by atoms with Crippen LogP contribution in [0.3, 0.4) is 0 Å². The van der Waals surface area contributed by atoms with E-state index in [4.69, 9.17) is 9.15 Å². The third-order valence-electron chi connectivity index (χ3n) is 3.02. The van der Waals surface area contributed by atoms with Gasteiger partial charge in [0.2, 0.25) is 0 Å². The summed E-state index contributed by atoms with van der Waals surface area (Å²) < 4.78 is 10.7. The lowest BCUT2D eigenvalue weighted by molar-refractivity contribution is 0.199. The largest absolute Gasteiger partial charge is 0.446 e. The molecule has 0 aliphatic heterocycles. The van der Waals surface area contributed by atoms with Gasteiger partial charge in [-0.2, -0.15) is 0 Å². The van der Waals surface area contributed by atoms with Gasteiger partial charge in [-0.25, -0.2) is 4.98 Å². The Balaban J connectivity index is 1.56. The highest BCUT2D eigenvalue weighted by Gasteiger charge is 2.23. The van der Waals surface area contributed by atoms with E-state index in [1.807, 2.05) is 6.20 Å². The van der Waals surface area contributed by atoms with Crippen molar-refractivity contribution in [2.75, 3.05) is 26.8 Å². The minimum absolute atomic E-state index is 0.768. The van der Waals surface area contributed by atoms with Gasteiger partial charge in [0.1, 0.15) is 5.76 Å². The molecule has 1 aromatic heterocycles. The van der Waals surface area contributed by atoms with Crippen molar-refractivity contribution >= 4 is 0 Å². The highest BCUT2D eigenvalue weighted by Crippen LogP contribution is 2.32. The Labute approximate surface area is 103 Å². The SMILES string of the molecule is COCCNCCCc1ncc(CC2CC2)o1. The van der Waals surface area contributed by atoms with Crippen LogP contribution < -0.4 is 5.32 Å². The summed E-state index contributed by atoms with van der Waals surface area (Å²) in [6.07, 6.45) is 7.68. The van der Waals surface area contributed by atoms with Gasteiger partial charge in [-0.05, 0) is 31.7 Å². The third kappa shape index (κ3) is 4.88. The van der Waals surface area contributed by atoms with E-state index in [1.165, 1.54) is 12.8 Å². The molecule has 0 atom stereocenters. The normalized spacial score (nSPS) is 15.4. The number of hydrogen-bond acceptors (Lipinski definition) is 4. The van der Waals surface area contributed by atoms with Crippen molar-refractivity contribution in [2.24, 2.45) is 5.92 Å². The lowest BCUT2D eigenvalue weighted by Crippen LogP contribution is -2.20. The van der Waals surface area contributed by atoms with E-state index < -0.39 is 0 Å². The van der Waals surface area contributed by atoms with Gasteiger partial charge in [0.15, 0.2) is 5.89 Å². The number of hydrogen-bond donors (Lipinski definition) is 1. The van der Waals surface area contributed by atoms with Crippen molar-refractivity contribution in [3.8, 4) is 0 Å². The fourth-order valence-electron chi connectivity index (χ4n) is 1.83. The molecule has 1 saturated carbocycles. The number of nitrogens with zero attached hydrogens (tertiary/aromatic N) is 1. The second kappa shape index (κ2) is 6.77. The van der Waals surface area contributed by atoms with Gasteiger partial charge in [0.05, 0.1) is 12.8 Å². The van der Waals surface area contributed by atoms with Crippen LogP contribution in [0.2, 0.25) is 0 Å². The Bertz CT molecular complexity index is 321. The molecule has 0 spiro atoms. The molecule has 0 aromatic carbocycles. The van der Waals surface area contributed by atoms with Gasteiger partial charge in [-0.1, -0.05) is 0 Å². The molecule has 2 rings (SSSR count). The maximum atomic E-state index is 5.70. The second-order valence-electron chi connectivity index (χ2n) is 4.71. The first-order chi connectivity index (χ1) is 8.38. The van der Waals surface area contributed by atoms with Crippen molar-refractivity contribution in [1.29, 1.82) is 0 Å². The van der Waals surface area contributed by atoms with Crippen LogP contribution >= 0.6 is 0 Å². The minimum atomic E-state index is 0.768. The summed E-state index contributed by atoms with van der Waals surface area (Å²) in [5.74, 6) is 2.82. The van der Waals surface area contributed by atoms with Crippen LogP contribution in [0.5, 0.6) is 0 Å². The van der Waals surface area contributed by atoms with Crippen molar-refractivity contribution in [3.05, 3.63) is 17.8 Å². The summed E-state index contributed by atoms with van der Waals surface area (Å²) in [6.45, 7) is 2.67. The van der Waals surface area contributed by atoms with Gasteiger partial charge in [-0.3, -0.25) is 0 Å². The quantitative estimate of drug-likeness (QED) is 0.666. The molecule has 1 aromatic rings. The highest BCUT2D eigenvalue weighted by atomic mass is 16.5. The van der Waals surface area contributed by atoms with Crippen molar-refractivity contribution < 1.29 is 9.15 Å². The average molecular weight is 238 g/mol. The minimum Gasteiger partial charge on any atom is -0.446 e. The Morgan fingerprint density at radius 2 is 2.35 bits per heavy atom. The molecule has 96 valence electrons. The van der Waals surface area contributed by atoms with Crippen LogP contribution in [0.25, 0.3) is 0 Å². The van der Waals surface area contributed by atoms with E-state index in [0.29, 0.717) is 0 Å². The third-order valence-corrected chi connectivity index (χ3v) is 3.02. The Hall–Kier alpha value is -0.870. The highest BCUT2D eigenvalue weighted by molar-refractivity contribution is 4.98. The Kier molecular flexibility index (Phi) is 5.01. The van der Waals surface area contributed by atoms with Crippen LogP contribution in [0.15, 0.2) is 10.6 Å². The summed E-state index contributed by atoms with van der Waals surface area (Å²) >= 11 is 0. The maximum Gasteiger partial charge on any atom is 0.194 e. The molecule has 0 bridgehead atoms. The summed E-state index contributed by atoms with van der Waals surface area (Å²) in [5, 5.41) is 3.31. The van der Waals surface area contributed by atoms with Crippen LogP contribution in [0.4, 0.5) is 0 Å². The number of rotatable bonds is 9. The number of nitrogens with one attached hydrogen (secondary N) is 1. The molecule has 1 fully saturated rings. The van der Waals surface area contributed by atoms with Crippen molar-refractivity contribution in [1.82, 2.24) is 10.3 Å². The molecule has 4 heteroatoms. The van der Waals surface area contributed by atoms with E-state index in [1.54, 1.807) is 7.11 Å². The van der Waals surface area contributed by atoms with Gasteiger partial charge in [0, 0.05) is 26.5 Å². The van der Waals surface area contributed by atoms with Crippen LogP contribution in [-0.4, -0.2) is 31.8 Å². The molecule has 1 N–H and O–H groups in total. The zero-order valence-corrected chi connectivity index (χ0v) is 10.6. The topological polar surface area (TPSA) is 47.3 Å². The number of ether oxygens (including phenoxy) is 1. The van der Waals surface area contributed by atoms with E-state index >= 15 is 0 Å². The van der Waals surface area contributed by atoms with Gasteiger partial charge in [-0.15, -0.1) is 0 Å². The zero-order valence-electron chi connectivity index (χ0n) is 10.6. The van der Waals surface area contributed by atoms with Gasteiger partial charge < -0.3 is 14.5 Å². The van der Waals surface area contributed by atoms with Crippen LogP contribution in [-0.2, 0) is 17.6 Å². The van der Waals surface area contributed by atoms with E-state index in [0.717, 1.165) is 56.5 Å². The van der Waals surface area contributed by atoms with Crippen molar-refractivity contribution in [2.45, 2.75) is 32.1 Å². The average Bonchev–Trinajstić information content (AvgIpc) is 3.02. The molecule has 0 radical (unpaired) electrons. The zero-order chi connectivity index (χ0) is 11.9. The first-order valence-electron chi connectivity index (χ1n) is 6.51. The molecule has 0 amide bonds. The fraction of sp³-hybridized carbons (Fsp3) is 0.769. The number of aryl methyl sites for hydroxylation is 1. The molecule has 1 heterocycles. The molecule has 1 aliphatic carbocycles. The summed E-state index contributed by atoms with van der Waals surface area (Å²) in [6, 6.07) is 0. The van der Waals surface area contributed by atoms with Crippen molar-refractivity contribution in [3.63, 3.8) is 0 Å². The number of methoxy groups -OCH3 is 1. The molecule has 0 saturated heterocycles. The van der Waals surface area contributed by atoms with Crippen LogP contribution in [0, 0.1) is 5.92 Å². The first-order valence-corrected chi connectivity index (χ1v) is 6.51. The molecular weight excluding hydrogens is 216 g/mol. The number of oxazole rings is 1.